The summed E-state index contributed by atoms with van der Waals surface area (Å²) in [4.78, 5) is 34.5. The summed E-state index contributed by atoms with van der Waals surface area (Å²) in [5.74, 6) is -0.475. The Kier molecular flexibility index (Phi) is 3.39. The zero-order valence-corrected chi connectivity index (χ0v) is 11.5. The molecule has 106 valence electrons. The smallest absolute Gasteiger partial charge is 0.418 e. The zero-order chi connectivity index (χ0) is 15.1. The molecule has 7 nitrogen and oxygen atoms in total. The number of carbonyl (C=O) groups is 2. The standard InChI is InChI=1S/C12H11ClN2O5/c1-12(2)10(16)14(11(17)20-12)6-7-3-4-8(15(18)19)5-9(7)13/h3-5H,6H2,1-2H3. The molecule has 1 aliphatic rings. The Morgan fingerprint density at radius 2 is 2.05 bits per heavy atom. The van der Waals surface area contributed by atoms with Gasteiger partial charge in [-0.1, -0.05) is 11.6 Å². The van der Waals surface area contributed by atoms with Crippen molar-refractivity contribution in [1.82, 2.24) is 4.90 Å². The normalized spacial score (nSPS) is 17.2. The summed E-state index contributed by atoms with van der Waals surface area (Å²) in [5.41, 5.74) is -0.931. The second-order valence-electron chi connectivity index (χ2n) is 4.80. The summed E-state index contributed by atoms with van der Waals surface area (Å²) in [5, 5.41) is 10.7. The van der Waals surface area contributed by atoms with Crippen LogP contribution in [0.2, 0.25) is 5.02 Å². The lowest BCUT2D eigenvalue weighted by Gasteiger charge is -2.14. The Morgan fingerprint density at radius 3 is 2.50 bits per heavy atom. The van der Waals surface area contributed by atoms with Gasteiger partial charge in [-0.15, -0.1) is 0 Å². The van der Waals surface area contributed by atoms with E-state index in [0.717, 1.165) is 4.90 Å². The van der Waals surface area contributed by atoms with E-state index in [-0.39, 0.29) is 17.3 Å². The first-order valence-electron chi connectivity index (χ1n) is 5.70. The molecular weight excluding hydrogens is 288 g/mol. The zero-order valence-electron chi connectivity index (χ0n) is 10.8. The highest BCUT2D eigenvalue weighted by Gasteiger charge is 2.47. The summed E-state index contributed by atoms with van der Waals surface area (Å²) >= 11 is 5.92. The number of hydrogen-bond acceptors (Lipinski definition) is 5. The van der Waals surface area contributed by atoms with Crippen molar-refractivity contribution < 1.29 is 19.2 Å². The molecule has 2 amide bonds. The number of nitrogens with zero attached hydrogens (tertiary/aromatic N) is 2. The lowest BCUT2D eigenvalue weighted by molar-refractivity contribution is -0.384. The highest BCUT2D eigenvalue weighted by atomic mass is 35.5. The first-order chi connectivity index (χ1) is 9.22. The predicted molar refractivity (Wildman–Crippen MR) is 69.2 cm³/mol. The molecule has 1 aromatic rings. The largest absolute Gasteiger partial charge is 0.433 e. The fraction of sp³-hybridized carbons (Fsp3) is 0.333. The third-order valence-electron chi connectivity index (χ3n) is 2.90. The quantitative estimate of drug-likeness (QED) is 0.631. The second-order valence-corrected chi connectivity index (χ2v) is 5.21. The van der Waals surface area contributed by atoms with E-state index < -0.39 is 22.5 Å². The van der Waals surface area contributed by atoms with Crippen LogP contribution in [0.3, 0.4) is 0 Å². The Hall–Kier alpha value is -2.15. The molecule has 0 bridgehead atoms. The number of amides is 2. The van der Waals surface area contributed by atoms with Crippen LogP contribution in [0.25, 0.3) is 0 Å². The lowest BCUT2D eigenvalue weighted by Crippen LogP contribution is -2.35. The Morgan fingerprint density at radius 1 is 1.40 bits per heavy atom. The van der Waals surface area contributed by atoms with Crippen LogP contribution >= 0.6 is 11.6 Å². The van der Waals surface area contributed by atoms with Crippen molar-refractivity contribution >= 4 is 29.3 Å². The number of rotatable bonds is 3. The van der Waals surface area contributed by atoms with E-state index in [0.29, 0.717) is 5.56 Å². The molecule has 8 heteroatoms. The molecule has 0 aromatic heterocycles. The summed E-state index contributed by atoms with van der Waals surface area (Å²) in [6.45, 7) is 2.90. The van der Waals surface area contributed by atoms with Crippen molar-refractivity contribution in [3.63, 3.8) is 0 Å². The van der Waals surface area contributed by atoms with Crippen LogP contribution in [-0.2, 0) is 16.1 Å². The number of non-ortho nitro benzene ring substituents is 1. The molecule has 1 fully saturated rings. The van der Waals surface area contributed by atoms with Crippen LogP contribution < -0.4 is 0 Å². The lowest BCUT2D eigenvalue weighted by atomic mass is 10.1. The monoisotopic (exact) mass is 298 g/mol. The van der Waals surface area contributed by atoms with E-state index >= 15 is 0 Å². The minimum atomic E-state index is -1.20. The number of carbonyl (C=O) groups excluding carboxylic acids is 2. The van der Waals surface area contributed by atoms with E-state index in [1.165, 1.54) is 32.0 Å². The molecule has 1 aliphatic heterocycles. The van der Waals surface area contributed by atoms with Crippen molar-refractivity contribution in [2.75, 3.05) is 0 Å². The average Bonchev–Trinajstić information content (AvgIpc) is 2.53. The highest BCUT2D eigenvalue weighted by molar-refractivity contribution is 6.31. The van der Waals surface area contributed by atoms with Gasteiger partial charge in [-0.25, -0.2) is 9.69 Å². The maximum absolute atomic E-state index is 12.0. The second kappa shape index (κ2) is 4.75. The van der Waals surface area contributed by atoms with Gasteiger partial charge in [0.15, 0.2) is 5.60 Å². The summed E-state index contributed by atoms with van der Waals surface area (Å²) in [6, 6.07) is 3.85. The number of benzene rings is 1. The first-order valence-corrected chi connectivity index (χ1v) is 6.08. The third-order valence-corrected chi connectivity index (χ3v) is 3.25. The van der Waals surface area contributed by atoms with Gasteiger partial charge in [-0.2, -0.15) is 0 Å². The van der Waals surface area contributed by atoms with Gasteiger partial charge in [0.05, 0.1) is 16.5 Å². The van der Waals surface area contributed by atoms with E-state index in [1.54, 1.807) is 0 Å². The van der Waals surface area contributed by atoms with Crippen LogP contribution in [0.5, 0.6) is 0 Å². The van der Waals surface area contributed by atoms with Crippen molar-refractivity contribution in [3.05, 3.63) is 38.9 Å². The minimum absolute atomic E-state index is 0.0854. The number of imide groups is 1. The third kappa shape index (κ3) is 2.44. The molecule has 1 saturated heterocycles. The van der Waals surface area contributed by atoms with Crippen molar-refractivity contribution in [2.24, 2.45) is 0 Å². The molecule has 0 atom stereocenters. The number of nitro benzene ring substituents is 1. The molecular formula is C12H11ClN2O5. The van der Waals surface area contributed by atoms with Gasteiger partial charge >= 0.3 is 6.09 Å². The van der Waals surface area contributed by atoms with Gasteiger partial charge in [-0.3, -0.25) is 14.9 Å². The summed E-state index contributed by atoms with van der Waals surface area (Å²) < 4.78 is 4.93. The fourth-order valence-corrected chi connectivity index (χ4v) is 2.04. The van der Waals surface area contributed by atoms with E-state index in [1.807, 2.05) is 0 Å². The number of ether oxygens (including phenoxy) is 1. The van der Waals surface area contributed by atoms with Gasteiger partial charge in [0.1, 0.15) is 0 Å². The SMILES string of the molecule is CC1(C)OC(=O)N(Cc2ccc([N+](=O)[O-])cc2Cl)C1=O. The van der Waals surface area contributed by atoms with Gasteiger partial charge in [0, 0.05) is 12.1 Å². The first kappa shape index (κ1) is 14.3. The molecule has 0 radical (unpaired) electrons. The molecule has 0 spiro atoms. The predicted octanol–water partition coefficient (Wildman–Crippen LogP) is 2.51. The Labute approximate surface area is 119 Å². The van der Waals surface area contributed by atoms with Crippen molar-refractivity contribution in [1.29, 1.82) is 0 Å². The van der Waals surface area contributed by atoms with Crippen LogP contribution in [0.1, 0.15) is 19.4 Å². The summed E-state index contributed by atoms with van der Waals surface area (Å²) in [7, 11) is 0. The molecule has 0 aliphatic carbocycles. The maximum Gasteiger partial charge on any atom is 0.418 e. The summed E-state index contributed by atoms with van der Waals surface area (Å²) in [6.07, 6.45) is -0.755. The molecule has 0 N–H and O–H groups in total. The van der Waals surface area contributed by atoms with E-state index in [4.69, 9.17) is 16.3 Å². The van der Waals surface area contributed by atoms with Crippen LogP contribution in [0.15, 0.2) is 18.2 Å². The molecule has 2 rings (SSSR count). The van der Waals surface area contributed by atoms with Crippen molar-refractivity contribution in [3.8, 4) is 0 Å². The number of halogens is 1. The van der Waals surface area contributed by atoms with Gasteiger partial charge in [-0.05, 0) is 25.5 Å². The molecule has 0 saturated carbocycles. The van der Waals surface area contributed by atoms with Gasteiger partial charge < -0.3 is 4.74 Å². The average molecular weight is 299 g/mol. The molecule has 20 heavy (non-hydrogen) atoms. The van der Waals surface area contributed by atoms with Gasteiger partial charge in [0.25, 0.3) is 11.6 Å². The number of hydrogen-bond donors (Lipinski definition) is 0. The Bertz CT molecular complexity index is 614. The fourth-order valence-electron chi connectivity index (χ4n) is 1.81. The maximum atomic E-state index is 12.0. The topological polar surface area (TPSA) is 89.8 Å². The number of nitro groups is 1. The Balaban J connectivity index is 2.25. The van der Waals surface area contributed by atoms with Crippen molar-refractivity contribution in [2.45, 2.75) is 26.0 Å². The van der Waals surface area contributed by atoms with E-state index in [2.05, 4.69) is 0 Å². The van der Waals surface area contributed by atoms with Crippen LogP contribution in [0.4, 0.5) is 10.5 Å². The van der Waals surface area contributed by atoms with Gasteiger partial charge in [0.2, 0.25) is 0 Å². The van der Waals surface area contributed by atoms with Crippen LogP contribution in [0, 0.1) is 10.1 Å². The highest BCUT2D eigenvalue weighted by Crippen LogP contribution is 2.28. The minimum Gasteiger partial charge on any atom is -0.433 e. The number of cyclic esters (lactones) is 1. The molecule has 1 aromatic carbocycles. The van der Waals surface area contributed by atoms with Crippen LogP contribution in [-0.4, -0.2) is 27.4 Å². The molecule has 0 unspecified atom stereocenters. The molecule has 1 heterocycles. The van der Waals surface area contributed by atoms with E-state index in [9.17, 15) is 19.7 Å².